The van der Waals surface area contributed by atoms with Crippen LogP contribution in [0.2, 0.25) is 10.2 Å². The second-order valence-corrected chi connectivity index (χ2v) is 3.85. The fourth-order valence-corrected chi connectivity index (χ4v) is 1.71. The fourth-order valence-electron chi connectivity index (χ4n) is 1.34. The molecule has 1 aromatic heterocycles. The summed E-state index contributed by atoms with van der Waals surface area (Å²) in [6, 6.07) is 7.04. The van der Waals surface area contributed by atoms with Crippen molar-refractivity contribution in [3.05, 3.63) is 46.3 Å². The lowest BCUT2D eigenvalue weighted by molar-refractivity contribution is 0.112. The minimum atomic E-state index is 0.139. The van der Waals surface area contributed by atoms with Crippen LogP contribution in [0.1, 0.15) is 10.4 Å². The Kier molecular flexibility index (Phi) is 3.17. The molecule has 0 radical (unpaired) electrons. The normalized spacial score (nSPS) is 10.1. The van der Waals surface area contributed by atoms with Gasteiger partial charge in [-0.05, 0) is 12.1 Å². The highest BCUT2D eigenvalue weighted by Crippen LogP contribution is 2.25. The lowest BCUT2D eigenvalue weighted by atomic mass is 10.1. The van der Waals surface area contributed by atoms with Crippen molar-refractivity contribution in [1.29, 1.82) is 0 Å². The number of rotatable bonds is 2. The molecule has 3 nitrogen and oxygen atoms in total. The summed E-state index contributed by atoms with van der Waals surface area (Å²) in [5.41, 5.74) is 1.49. The van der Waals surface area contributed by atoms with E-state index in [4.69, 9.17) is 23.2 Å². The first kappa shape index (κ1) is 11.0. The number of halogens is 2. The highest BCUT2D eigenvalue weighted by atomic mass is 35.5. The Labute approximate surface area is 102 Å². The highest BCUT2D eigenvalue weighted by molar-refractivity contribution is 6.32. The first-order chi connectivity index (χ1) is 7.72. The zero-order valence-electron chi connectivity index (χ0n) is 8.02. The van der Waals surface area contributed by atoms with E-state index >= 15 is 0 Å². The zero-order valence-corrected chi connectivity index (χ0v) is 9.53. The number of carbonyl (C=O) groups is 1. The fraction of sp³-hybridized carbons (Fsp3) is 0. The maximum Gasteiger partial charge on any atom is 0.155 e. The summed E-state index contributed by atoms with van der Waals surface area (Å²) in [6.45, 7) is 0. The molecule has 0 amide bonds. The molecule has 0 unspecified atom stereocenters. The highest BCUT2D eigenvalue weighted by Gasteiger charge is 2.10. The molecule has 0 aliphatic rings. The molecule has 2 rings (SSSR count). The van der Waals surface area contributed by atoms with Crippen molar-refractivity contribution in [2.24, 2.45) is 0 Å². The third-order valence-corrected chi connectivity index (χ3v) is 2.59. The van der Waals surface area contributed by atoms with Crippen LogP contribution in [-0.4, -0.2) is 16.3 Å². The summed E-state index contributed by atoms with van der Waals surface area (Å²) in [6.07, 6.45) is 1.95. The number of aromatic nitrogens is 2. The van der Waals surface area contributed by atoms with Gasteiger partial charge in [-0.15, -0.1) is 0 Å². The van der Waals surface area contributed by atoms with Crippen LogP contribution in [-0.2, 0) is 0 Å². The molecule has 0 saturated heterocycles. The molecule has 80 valence electrons. The van der Waals surface area contributed by atoms with E-state index in [1.54, 1.807) is 24.3 Å². The second-order valence-electron chi connectivity index (χ2n) is 3.05. The molecule has 0 bridgehead atoms. The van der Waals surface area contributed by atoms with Crippen LogP contribution >= 0.6 is 23.2 Å². The van der Waals surface area contributed by atoms with Crippen molar-refractivity contribution in [3.8, 4) is 11.3 Å². The smallest absolute Gasteiger partial charge is 0.155 e. The maximum atomic E-state index is 10.9. The molecule has 1 aromatic carbocycles. The third-order valence-electron chi connectivity index (χ3n) is 2.05. The molecule has 0 N–H and O–H groups in total. The summed E-state index contributed by atoms with van der Waals surface area (Å²) in [7, 11) is 0. The van der Waals surface area contributed by atoms with Crippen molar-refractivity contribution in [2.75, 3.05) is 0 Å². The minimum Gasteiger partial charge on any atom is -0.298 e. The summed E-state index contributed by atoms with van der Waals surface area (Å²) in [5.74, 6) is 0. The lowest BCUT2D eigenvalue weighted by Gasteiger charge is -2.04. The Bertz CT molecular complexity index is 543. The number of hydrogen-bond donors (Lipinski definition) is 0. The Hall–Kier alpha value is -1.45. The molecule has 0 aliphatic carbocycles. The molecule has 0 spiro atoms. The predicted octanol–water partition coefficient (Wildman–Crippen LogP) is 3.26. The van der Waals surface area contributed by atoms with Gasteiger partial charge in [-0.1, -0.05) is 35.3 Å². The molecule has 0 fully saturated rings. The maximum absolute atomic E-state index is 10.9. The van der Waals surface area contributed by atoms with Crippen molar-refractivity contribution in [2.45, 2.75) is 0 Å². The molecule has 0 atom stereocenters. The Morgan fingerprint density at radius 2 is 2.00 bits per heavy atom. The average Bonchev–Trinajstić information content (AvgIpc) is 2.28. The van der Waals surface area contributed by atoms with Crippen LogP contribution in [0.5, 0.6) is 0 Å². The number of hydrogen-bond acceptors (Lipinski definition) is 3. The standard InChI is InChI=1S/C11H6Cl2N2O/c12-8-3-1-2-7(4-8)10-9(5-16)11(13)15-6-14-10/h1-6H. The molecular weight excluding hydrogens is 247 g/mol. The predicted molar refractivity (Wildman–Crippen MR) is 62.9 cm³/mol. The van der Waals surface area contributed by atoms with Gasteiger partial charge in [0.2, 0.25) is 0 Å². The first-order valence-electron chi connectivity index (χ1n) is 4.44. The topological polar surface area (TPSA) is 42.9 Å². The van der Waals surface area contributed by atoms with E-state index in [1.807, 2.05) is 0 Å². The van der Waals surface area contributed by atoms with Gasteiger partial charge >= 0.3 is 0 Å². The number of benzene rings is 1. The van der Waals surface area contributed by atoms with Crippen LogP contribution in [0, 0.1) is 0 Å². The van der Waals surface area contributed by atoms with Gasteiger partial charge in [0.1, 0.15) is 11.5 Å². The van der Waals surface area contributed by atoms with E-state index in [9.17, 15) is 4.79 Å². The quantitative estimate of drug-likeness (QED) is 0.609. The van der Waals surface area contributed by atoms with E-state index in [2.05, 4.69) is 9.97 Å². The summed E-state index contributed by atoms with van der Waals surface area (Å²) in [5, 5.41) is 0.712. The van der Waals surface area contributed by atoms with Gasteiger partial charge in [-0.2, -0.15) is 0 Å². The van der Waals surface area contributed by atoms with Crippen LogP contribution in [0.4, 0.5) is 0 Å². The Morgan fingerprint density at radius 3 is 2.69 bits per heavy atom. The molecule has 0 saturated carbocycles. The average molecular weight is 253 g/mol. The van der Waals surface area contributed by atoms with Crippen molar-refractivity contribution in [3.63, 3.8) is 0 Å². The SMILES string of the molecule is O=Cc1c(Cl)ncnc1-c1cccc(Cl)c1. The summed E-state index contributed by atoms with van der Waals surface area (Å²) < 4.78 is 0. The molecule has 0 aliphatic heterocycles. The van der Waals surface area contributed by atoms with Crippen molar-refractivity contribution >= 4 is 29.5 Å². The summed E-state index contributed by atoms with van der Waals surface area (Å²) >= 11 is 11.7. The van der Waals surface area contributed by atoms with Crippen molar-refractivity contribution < 1.29 is 4.79 Å². The van der Waals surface area contributed by atoms with E-state index in [-0.39, 0.29) is 10.7 Å². The molecule has 2 aromatic rings. The third kappa shape index (κ3) is 2.05. The molecule has 5 heteroatoms. The zero-order chi connectivity index (χ0) is 11.5. The minimum absolute atomic E-state index is 0.139. The van der Waals surface area contributed by atoms with E-state index in [0.717, 1.165) is 5.56 Å². The van der Waals surface area contributed by atoms with E-state index < -0.39 is 0 Å². The van der Waals surface area contributed by atoms with Crippen molar-refractivity contribution in [1.82, 2.24) is 9.97 Å². The van der Waals surface area contributed by atoms with Gasteiger partial charge in [0.05, 0.1) is 11.3 Å². The van der Waals surface area contributed by atoms with Gasteiger partial charge in [0.15, 0.2) is 6.29 Å². The Morgan fingerprint density at radius 1 is 1.19 bits per heavy atom. The second kappa shape index (κ2) is 4.60. The largest absolute Gasteiger partial charge is 0.298 e. The number of carbonyl (C=O) groups excluding carboxylic acids is 1. The molecule has 1 heterocycles. The van der Waals surface area contributed by atoms with Gasteiger partial charge in [0.25, 0.3) is 0 Å². The Balaban J connectivity index is 2.64. The van der Waals surface area contributed by atoms with Gasteiger partial charge in [-0.3, -0.25) is 4.79 Å². The van der Waals surface area contributed by atoms with Crippen LogP contribution in [0.25, 0.3) is 11.3 Å². The summed E-state index contributed by atoms with van der Waals surface area (Å²) in [4.78, 5) is 18.7. The first-order valence-corrected chi connectivity index (χ1v) is 5.19. The number of aldehydes is 1. The van der Waals surface area contributed by atoms with E-state index in [1.165, 1.54) is 6.33 Å². The van der Waals surface area contributed by atoms with Crippen LogP contribution in [0.3, 0.4) is 0 Å². The lowest BCUT2D eigenvalue weighted by Crippen LogP contribution is -1.95. The van der Waals surface area contributed by atoms with Crippen LogP contribution < -0.4 is 0 Å². The van der Waals surface area contributed by atoms with Gasteiger partial charge < -0.3 is 0 Å². The van der Waals surface area contributed by atoms with Gasteiger partial charge in [-0.25, -0.2) is 9.97 Å². The molecular formula is C11H6Cl2N2O. The van der Waals surface area contributed by atoms with E-state index in [0.29, 0.717) is 17.0 Å². The van der Waals surface area contributed by atoms with Crippen LogP contribution in [0.15, 0.2) is 30.6 Å². The van der Waals surface area contributed by atoms with Gasteiger partial charge in [0, 0.05) is 10.6 Å². The monoisotopic (exact) mass is 252 g/mol. The number of nitrogens with zero attached hydrogens (tertiary/aromatic N) is 2. The molecule has 16 heavy (non-hydrogen) atoms.